The molecule has 0 unspecified atom stereocenters. The average molecular weight is 323 g/mol. The van der Waals surface area contributed by atoms with Crippen LogP contribution in [0.5, 0.6) is 0 Å². The quantitative estimate of drug-likeness (QED) is 0.888. The fourth-order valence-corrected chi connectivity index (χ4v) is 4.84. The lowest BCUT2D eigenvalue weighted by Gasteiger charge is -2.35. The molecule has 0 amide bonds. The van der Waals surface area contributed by atoms with Crippen LogP contribution < -0.4 is 5.73 Å². The van der Waals surface area contributed by atoms with Gasteiger partial charge in [-0.1, -0.05) is 36.7 Å². The summed E-state index contributed by atoms with van der Waals surface area (Å²) in [6, 6.07) is 9.49. The molecule has 0 radical (unpaired) electrons. The molecule has 21 heavy (non-hydrogen) atoms. The summed E-state index contributed by atoms with van der Waals surface area (Å²) in [4.78, 5) is 3.87. The van der Waals surface area contributed by atoms with Crippen LogP contribution in [0.1, 0.15) is 37.5 Å². The van der Waals surface area contributed by atoms with Crippen molar-refractivity contribution in [2.24, 2.45) is 5.73 Å². The molecule has 1 aliphatic rings. The number of hydrogen-bond donors (Lipinski definition) is 1. The van der Waals surface area contributed by atoms with Crippen LogP contribution in [0.25, 0.3) is 10.1 Å². The molecule has 1 heterocycles. The summed E-state index contributed by atoms with van der Waals surface area (Å²) < 4.78 is 1.29. The molecule has 1 aromatic carbocycles. The molecule has 114 valence electrons. The third-order valence-electron chi connectivity index (χ3n) is 4.61. The molecule has 0 spiro atoms. The molecule has 1 fully saturated rings. The van der Waals surface area contributed by atoms with Crippen molar-refractivity contribution in [1.82, 2.24) is 4.90 Å². The van der Waals surface area contributed by atoms with Crippen LogP contribution in [0, 0.1) is 0 Å². The molecular formula is C17H23ClN2S. The fraction of sp³-hybridized carbons (Fsp3) is 0.529. The Labute approximate surface area is 135 Å². The maximum atomic E-state index is 6.58. The van der Waals surface area contributed by atoms with Crippen molar-refractivity contribution in [3.05, 3.63) is 34.2 Å². The van der Waals surface area contributed by atoms with Crippen LogP contribution in [0.15, 0.2) is 24.3 Å². The van der Waals surface area contributed by atoms with Gasteiger partial charge in [0.25, 0.3) is 0 Å². The number of thiophene rings is 1. The van der Waals surface area contributed by atoms with Gasteiger partial charge >= 0.3 is 0 Å². The van der Waals surface area contributed by atoms with Gasteiger partial charge in [0.2, 0.25) is 0 Å². The molecule has 4 heteroatoms. The number of rotatable bonds is 4. The second-order valence-corrected chi connectivity index (χ2v) is 7.48. The van der Waals surface area contributed by atoms with Crippen LogP contribution in [0.2, 0.25) is 5.02 Å². The van der Waals surface area contributed by atoms with E-state index < -0.39 is 0 Å². The normalized spacial score (nSPS) is 23.0. The number of nitrogens with zero attached hydrogens (tertiary/aromatic N) is 1. The molecule has 2 nitrogen and oxygen atoms in total. The van der Waals surface area contributed by atoms with Gasteiger partial charge in [0, 0.05) is 33.6 Å². The van der Waals surface area contributed by atoms with Crippen molar-refractivity contribution in [1.29, 1.82) is 0 Å². The van der Waals surface area contributed by atoms with E-state index in [2.05, 4.69) is 36.1 Å². The summed E-state index contributed by atoms with van der Waals surface area (Å²) in [5.74, 6) is 0. The molecule has 2 aromatic rings. The van der Waals surface area contributed by atoms with Gasteiger partial charge in [0.1, 0.15) is 0 Å². The minimum absolute atomic E-state index is 0.410. The Balaban J connectivity index is 1.77. The highest BCUT2D eigenvalue weighted by molar-refractivity contribution is 7.19. The minimum atomic E-state index is 0.410. The maximum Gasteiger partial charge on any atom is 0.0637 e. The van der Waals surface area contributed by atoms with Gasteiger partial charge in [-0.2, -0.15) is 0 Å². The van der Waals surface area contributed by atoms with Crippen molar-refractivity contribution in [3.8, 4) is 0 Å². The highest BCUT2D eigenvalue weighted by Crippen LogP contribution is 2.36. The lowest BCUT2D eigenvalue weighted by molar-refractivity contribution is 0.150. The molecule has 0 saturated heterocycles. The number of halogens is 1. The van der Waals surface area contributed by atoms with E-state index in [4.69, 9.17) is 17.3 Å². The minimum Gasteiger partial charge on any atom is -0.328 e. The third-order valence-corrected chi connectivity index (χ3v) is 6.31. The number of nitrogens with two attached hydrogens (primary N) is 1. The standard InChI is InChI=1S/C17H23ClN2S/c1-2-20(13-9-7-12(19)8-10-13)11-16-17(18)14-5-3-4-6-15(14)21-16/h3-6,12-13H,2,7-11,19H2,1H3. The Hall–Kier alpha value is -0.610. The molecule has 0 atom stereocenters. The number of hydrogen-bond acceptors (Lipinski definition) is 3. The number of fused-ring (bicyclic) bond motifs is 1. The van der Waals surface area contributed by atoms with Crippen LogP contribution in [0.3, 0.4) is 0 Å². The van der Waals surface area contributed by atoms with Gasteiger partial charge < -0.3 is 5.73 Å². The summed E-state index contributed by atoms with van der Waals surface area (Å²) >= 11 is 8.42. The Kier molecular flexibility index (Phi) is 4.85. The largest absolute Gasteiger partial charge is 0.328 e. The first-order valence-corrected chi connectivity index (χ1v) is 9.04. The fourth-order valence-electron chi connectivity index (χ4n) is 3.32. The monoisotopic (exact) mass is 322 g/mol. The molecule has 1 aromatic heterocycles. The van der Waals surface area contributed by atoms with E-state index in [1.54, 1.807) is 0 Å². The van der Waals surface area contributed by atoms with Crippen LogP contribution >= 0.6 is 22.9 Å². The van der Waals surface area contributed by atoms with Gasteiger partial charge in [-0.05, 0) is 38.3 Å². The number of benzene rings is 1. The van der Waals surface area contributed by atoms with E-state index in [-0.39, 0.29) is 0 Å². The topological polar surface area (TPSA) is 29.3 Å². The summed E-state index contributed by atoms with van der Waals surface area (Å²) in [6.45, 7) is 4.29. The Morgan fingerprint density at radius 2 is 1.95 bits per heavy atom. The summed E-state index contributed by atoms with van der Waals surface area (Å²) in [5, 5.41) is 2.14. The average Bonchev–Trinajstić information content (AvgIpc) is 2.83. The van der Waals surface area contributed by atoms with Gasteiger partial charge in [-0.15, -0.1) is 11.3 Å². The second-order valence-electron chi connectivity index (χ2n) is 5.97. The van der Waals surface area contributed by atoms with Crippen LogP contribution in [0.4, 0.5) is 0 Å². The smallest absolute Gasteiger partial charge is 0.0637 e. The third kappa shape index (κ3) is 3.26. The molecule has 0 bridgehead atoms. The molecule has 3 rings (SSSR count). The Morgan fingerprint density at radius 3 is 2.62 bits per heavy atom. The highest BCUT2D eigenvalue weighted by Gasteiger charge is 2.24. The zero-order valence-electron chi connectivity index (χ0n) is 12.5. The van der Waals surface area contributed by atoms with Crippen LogP contribution in [-0.2, 0) is 6.54 Å². The Bertz CT molecular complexity index is 602. The van der Waals surface area contributed by atoms with E-state index in [0.29, 0.717) is 12.1 Å². The van der Waals surface area contributed by atoms with E-state index >= 15 is 0 Å². The lowest BCUT2D eigenvalue weighted by atomic mass is 9.90. The SMILES string of the molecule is CCN(Cc1sc2ccccc2c1Cl)C1CCC(N)CC1. The molecule has 2 N–H and O–H groups in total. The molecule has 1 saturated carbocycles. The second kappa shape index (κ2) is 6.66. The highest BCUT2D eigenvalue weighted by atomic mass is 35.5. The van der Waals surface area contributed by atoms with Crippen molar-refractivity contribution in [3.63, 3.8) is 0 Å². The first-order chi connectivity index (χ1) is 10.2. The molecular weight excluding hydrogens is 300 g/mol. The van der Waals surface area contributed by atoms with E-state index in [0.717, 1.165) is 31.0 Å². The van der Waals surface area contributed by atoms with Crippen molar-refractivity contribution in [2.45, 2.75) is 51.2 Å². The first-order valence-electron chi connectivity index (χ1n) is 7.84. The Morgan fingerprint density at radius 1 is 1.24 bits per heavy atom. The van der Waals surface area contributed by atoms with Crippen molar-refractivity contribution < 1.29 is 0 Å². The zero-order chi connectivity index (χ0) is 14.8. The summed E-state index contributed by atoms with van der Waals surface area (Å²) in [6.07, 6.45) is 4.75. The van der Waals surface area contributed by atoms with Gasteiger partial charge in [-0.3, -0.25) is 4.90 Å². The van der Waals surface area contributed by atoms with Gasteiger partial charge in [0.15, 0.2) is 0 Å². The van der Waals surface area contributed by atoms with Gasteiger partial charge in [0.05, 0.1) is 5.02 Å². The summed E-state index contributed by atoms with van der Waals surface area (Å²) in [7, 11) is 0. The van der Waals surface area contributed by atoms with Crippen LogP contribution in [-0.4, -0.2) is 23.5 Å². The molecule has 1 aliphatic carbocycles. The first kappa shape index (κ1) is 15.3. The van der Waals surface area contributed by atoms with E-state index in [1.807, 2.05) is 11.3 Å². The maximum absolute atomic E-state index is 6.58. The predicted octanol–water partition coefficient (Wildman–Crippen LogP) is 4.65. The van der Waals surface area contributed by atoms with Crippen molar-refractivity contribution >= 4 is 33.0 Å². The van der Waals surface area contributed by atoms with E-state index in [1.165, 1.54) is 27.8 Å². The molecule has 0 aliphatic heterocycles. The lowest BCUT2D eigenvalue weighted by Crippen LogP contribution is -2.40. The van der Waals surface area contributed by atoms with E-state index in [9.17, 15) is 0 Å². The van der Waals surface area contributed by atoms with Gasteiger partial charge in [-0.25, -0.2) is 0 Å². The summed E-state index contributed by atoms with van der Waals surface area (Å²) in [5.41, 5.74) is 6.03. The predicted molar refractivity (Wildman–Crippen MR) is 93.2 cm³/mol. The zero-order valence-corrected chi connectivity index (χ0v) is 14.1. The van der Waals surface area contributed by atoms with Crippen molar-refractivity contribution in [2.75, 3.05) is 6.54 Å².